The average molecular weight is 635 g/mol. The third-order valence-electron chi connectivity index (χ3n) is 8.08. The molecule has 0 aliphatic carbocycles. The first-order chi connectivity index (χ1) is 21.2. The Labute approximate surface area is 259 Å². The van der Waals surface area contributed by atoms with Crippen molar-refractivity contribution in [2.45, 2.75) is 77.4 Å². The molecule has 1 N–H and O–H groups in total. The molecule has 3 atom stereocenters. The van der Waals surface area contributed by atoms with Gasteiger partial charge in [-0.1, -0.05) is 6.92 Å². The highest BCUT2D eigenvalue weighted by atomic mass is 19.4. The Morgan fingerprint density at radius 1 is 1.16 bits per heavy atom. The van der Waals surface area contributed by atoms with Gasteiger partial charge in [-0.25, -0.2) is 9.18 Å². The molecule has 2 saturated heterocycles. The Morgan fingerprint density at radius 3 is 2.64 bits per heavy atom. The van der Waals surface area contributed by atoms with Gasteiger partial charge in [-0.3, -0.25) is 4.98 Å². The SMILES string of the molecule is C[C@@H]1C[C@@H](COc2nc3c(c(N4CCN[C@@H](CC#N)C4)n2)CCN(c2cncc(F)c2C(F)(F)F)C3)N(C(=O)OC(C)(C)C)C1. The van der Waals surface area contributed by atoms with Crippen LogP contribution in [0.15, 0.2) is 12.4 Å². The number of likely N-dealkylation sites (tertiary alicyclic amines) is 1. The van der Waals surface area contributed by atoms with Crippen LogP contribution in [0, 0.1) is 23.1 Å². The summed E-state index contributed by atoms with van der Waals surface area (Å²) in [5.74, 6) is -0.625. The summed E-state index contributed by atoms with van der Waals surface area (Å²) in [6, 6.07) is 1.83. The van der Waals surface area contributed by atoms with Crippen molar-refractivity contribution in [1.29, 1.82) is 5.26 Å². The number of ether oxygens (including phenoxy) is 2. The Hall–Kier alpha value is -3.93. The number of nitrogens with one attached hydrogen (secondary N) is 1. The molecule has 0 bridgehead atoms. The summed E-state index contributed by atoms with van der Waals surface area (Å²) in [7, 11) is 0. The number of carbonyl (C=O) groups excluding carboxylic acids is 1. The van der Waals surface area contributed by atoms with Crippen molar-refractivity contribution in [1.82, 2.24) is 25.2 Å². The quantitative estimate of drug-likeness (QED) is 0.461. The lowest BCUT2D eigenvalue weighted by molar-refractivity contribution is -0.139. The van der Waals surface area contributed by atoms with Gasteiger partial charge in [0.1, 0.15) is 23.6 Å². The number of nitrogens with zero attached hydrogens (tertiary/aromatic N) is 7. The summed E-state index contributed by atoms with van der Waals surface area (Å²) in [5, 5.41) is 12.6. The zero-order valence-corrected chi connectivity index (χ0v) is 25.8. The first-order valence-corrected chi connectivity index (χ1v) is 15.1. The second kappa shape index (κ2) is 12.8. The molecule has 2 fully saturated rings. The predicted octanol–water partition coefficient (Wildman–Crippen LogP) is 4.31. The molecular formula is C30H38F4N8O3. The molecule has 2 aromatic rings. The highest BCUT2D eigenvalue weighted by Gasteiger charge is 2.40. The Balaban J connectivity index is 1.45. The lowest BCUT2D eigenvalue weighted by Crippen LogP contribution is -2.51. The number of anilines is 2. The van der Waals surface area contributed by atoms with Crippen molar-refractivity contribution in [3.8, 4) is 12.1 Å². The minimum atomic E-state index is -4.91. The van der Waals surface area contributed by atoms with E-state index in [1.807, 2.05) is 11.8 Å². The van der Waals surface area contributed by atoms with Crippen LogP contribution in [0.1, 0.15) is 57.4 Å². The van der Waals surface area contributed by atoms with Crippen molar-refractivity contribution in [3.63, 3.8) is 0 Å². The van der Waals surface area contributed by atoms with Gasteiger partial charge in [-0.05, 0) is 39.5 Å². The molecule has 0 unspecified atom stereocenters. The highest BCUT2D eigenvalue weighted by molar-refractivity contribution is 5.69. The van der Waals surface area contributed by atoms with Gasteiger partial charge in [-0.2, -0.15) is 28.4 Å². The van der Waals surface area contributed by atoms with Gasteiger partial charge in [0.2, 0.25) is 0 Å². The number of fused-ring (bicyclic) bond motifs is 1. The molecule has 3 aliphatic heterocycles. The number of nitriles is 1. The molecule has 0 spiro atoms. The van der Waals surface area contributed by atoms with Gasteiger partial charge in [0.15, 0.2) is 5.82 Å². The van der Waals surface area contributed by atoms with Crippen molar-refractivity contribution < 1.29 is 31.8 Å². The summed E-state index contributed by atoms with van der Waals surface area (Å²) in [4.78, 5) is 31.1. The number of rotatable bonds is 6. The number of piperazine rings is 1. The monoisotopic (exact) mass is 634 g/mol. The van der Waals surface area contributed by atoms with Crippen LogP contribution >= 0.6 is 0 Å². The molecule has 2 aromatic heterocycles. The molecule has 244 valence electrons. The molecule has 11 nitrogen and oxygen atoms in total. The van der Waals surface area contributed by atoms with E-state index < -0.39 is 29.3 Å². The minimum absolute atomic E-state index is 0.0260. The second-order valence-electron chi connectivity index (χ2n) is 12.8. The number of aromatic nitrogens is 3. The van der Waals surface area contributed by atoms with Crippen molar-refractivity contribution in [3.05, 3.63) is 35.0 Å². The highest BCUT2D eigenvalue weighted by Crippen LogP contribution is 2.40. The van der Waals surface area contributed by atoms with Crippen LogP contribution in [0.3, 0.4) is 0 Å². The lowest BCUT2D eigenvalue weighted by atomic mass is 10.0. The fourth-order valence-corrected chi connectivity index (χ4v) is 6.15. The summed E-state index contributed by atoms with van der Waals surface area (Å²) < 4.78 is 67.7. The second-order valence-corrected chi connectivity index (χ2v) is 12.8. The van der Waals surface area contributed by atoms with E-state index in [0.29, 0.717) is 63.2 Å². The van der Waals surface area contributed by atoms with Crippen LogP contribution < -0.4 is 19.9 Å². The Kier molecular flexibility index (Phi) is 9.25. The Bertz CT molecular complexity index is 1440. The molecule has 0 radical (unpaired) electrons. The van der Waals surface area contributed by atoms with E-state index >= 15 is 0 Å². The number of amides is 1. The largest absolute Gasteiger partial charge is 0.461 e. The maximum Gasteiger partial charge on any atom is 0.421 e. The maximum absolute atomic E-state index is 14.4. The molecule has 1 amide bonds. The average Bonchev–Trinajstić information content (AvgIpc) is 3.34. The van der Waals surface area contributed by atoms with Crippen LogP contribution in [0.2, 0.25) is 0 Å². The first kappa shape index (κ1) is 32.5. The van der Waals surface area contributed by atoms with E-state index in [4.69, 9.17) is 14.5 Å². The molecule has 15 heteroatoms. The fraction of sp³-hybridized carbons (Fsp3) is 0.633. The third-order valence-corrected chi connectivity index (χ3v) is 8.08. The topological polar surface area (TPSA) is 120 Å². The predicted molar refractivity (Wildman–Crippen MR) is 156 cm³/mol. The fourth-order valence-electron chi connectivity index (χ4n) is 6.15. The summed E-state index contributed by atoms with van der Waals surface area (Å²) in [5.41, 5.74) is -1.17. The van der Waals surface area contributed by atoms with E-state index in [9.17, 15) is 27.6 Å². The molecule has 0 saturated carbocycles. The molecule has 3 aliphatic rings. The summed E-state index contributed by atoms with van der Waals surface area (Å²) in [6.07, 6.45) is -2.48. The maximum atomic E-state index is 14.4. The molecule has 45 heavy (non-hydrogen) atoms. The summed E-state index contributed by atoms with van der Waals surface area (Å²) in [6.45, 7) is 9.87. The van der Waals surface area contributed by atoms with Crippen molar-refractivity contribution in [2.75, 3.05) is 49.1 Å². The number of pyridine rings is 1. The normalized spacial score (nSPS) is 22.2. The van der Waals surface area contributed by atoms with Crippen molar-refractivity contribution >= 4 is 17.6 Å². The Morgan fingerprint density at radius 2 is 1.93 bits per heavy atom. The van der Waals surface area contributed by atoms with Crippen LogP contribution in [0.25, 0.3) is 0 Å². The van der Waals surface area contributed by atoms with E-state index in [-0.39, 0.29) is 49.4 Å². The smallest absolute Gasteiger partial charge is 0.421 e. The molecule has 5 heterocycles. The number of alkyl halides is 3. The van der Waals surface area contributed by atoms with Crippen LogP contribution in [0.5, 0.6) is 6.01 Å². The first-order valence-electron chi connectivity index (χ1n) is 15.1. The van der Waals surface area contributed by atoms with E-state index in [1.165, 1.54) is 4.90 Å². The minimum Gasteiger partial charge on any atom is -0.461 e. The van der Waals surface area contributed by atoms with E-state index in [0.717, 1.165) is 11.8 Å². The van der Waals surface area contributed by atoms with Gasteiger partial charge in [-0.15, -0.1) is 0 Å². The third kappa shape index (κ3) is 7.49. The summed E-state index contributed by atoms with van der Waals surface area (Å²) >= 11 is 0. The van der Waals surface area contributed by atoms with Gasteiger partial charge in [0, 0.05) is 44.3 Å². The van der Waals surface area contributed by atoms with Crippen LogP contribution in [-0.4, -0.2) is 83.0 Å². The van der Waals surface area contributed by atoms with Gasteiger partial charge < -0.3 is 29.5 Å². The van der Waals surface area contributed by atoms with Gasteiger partial charge >= 0.3 is 18.3 Å². The van der Waals surface area contributed by atoms with E-state index in [2.05, 4.69) is 21.4 Å². The van der Waals surface area contributed by atoms with Gasteiger partial charge in [0.05, 0.1) is 48.9 Å². The molecule has 0 aromatic carbocycles. The van der Waals surface area contributed by atoms with Crippen LogP contribution in [0.4, 0.5) is 33.9 Å². The van der Waals surface area contributed by atoms with Crippen LogP contribution in [-0.2, 0) is 23.9 Å². The zero-order chi connectivity index (χ0) is 32.5. The number of hydrogen-bond donors (Lipinski definition) is 1. The standard InChI is InChI=1S/C30H38F4N8O3/c1-18-11-20(42(14-18)28(43)45-29(2,3)4)17-44-27-38-23-16-40(24-13-36-12-22(31)25(24)30(32,33)34)9-6-21(23)26(39-27)41-10-8-37-19(15-41)5-7-35/h12-13,18-20,37H,5-6,8-11,14-17H2,1-4H3/t18-,19+,20+/m1/s1. The number of hydrogen-bond acceptors (Lipinski definition) is 10. The molecule has 5 rings (SSSR count). The van der Waals surface area contributed by atoms with Crippen molar-refractivity contribution in [2.24, 2.45) is 5.92 Å². The molecular weight excluding hydrogens is 596 g/mol. The number of halogens is 4. The van der Waals surface area contributed by atoms with E-state index in [1.54, 1.807) is 25.7 Å². The van der Waals surface area contributed by atoms with Gasteiger partial charge in [0.25, 0.3) is 0 Å². The number of carbonyl (C=O) groups is 1. The lowest BCUT2D eigenvalue weighted by Gasteiger charge is -2.37. The zero-order valence-electron chi connectivity index (χ0n) is 25.8.